The van der Waals surface area contributed by atoms with Gasteiger partial charge in [0.05, 0.1) is 12.8 Å². The van der Waals surface area contributed by atoms with Crippen LogP contribution in [-0.2, 0) is 4.74 Å². The van der Waals surface area contributed by atoms with E-state index in [9.17, 15) is 9.59 Å². The molecule has 0 fully saturated rings. The second-order valence-electron chi connectivity index (χ2n) is 3.14. The van der Waals surface area contributed by atoms with Gasteiger partial charge in [0.15, 0.2) is 0 Å². The largest absolute Gasteiger partial charge is 0.453 e. The average Bonchev–Trinajstić information content (AvgIpc) is 2.71. The van der Waals surface area contributed by atoms with Crippen molar-refractivity contribution in [1.29, 1.82) is 0 Å². The number of methoxy groups -OCH3 is 1. The Morgan fingerprint density at radius 3 is 2.76 bits per heavy atom. The number of hydrogen-bond acceptors (Lipinski definition) is 4. The van der Waals surface area contributed by atoms with Crippen LogP contribution in [0.15, 0.2) is 35.1 Å². The Labute approximate surface area is 96.0 Å². The quantitative estimate of drug-likeness (QED) is 0.802. The summed E-state index contributed by atoms with van der Waals surface area (Å²) in [5.74, 6) is 0.0331. The number of nitrogens with one attached hydrogen (secondary N) is 2. The number of nitrogens with zero attached hydrogens (tertiary/aromatic N) is 2. The third-order valence-corrected chi connectivity index (χ3v) is 2.02. The van der Waals surface area contributed by atoms with Gasteiger partial charge in [-0.05, 0) is 12.1 Å². The molecule has 0 saturated heterocycles. The summed E-state index contributed by atoms with van der Waals surface area (Å²) >= 11 is 0. The first-order valence-corrected chi connectivity index (χ1v) is 4.80. The van der Waals surface area contributed by atoms with Crippen LogP contribution >= 0.6 is 0 Å². The van der Waals surface area contributed by atoms with E-state index in [4.69, 9.17) is 0 Å². The van der Waals surface area contributed by atoms with Gasteiger partial charge >= 0.3 is 11.8 Å². The number of amides is 1. The molecule has 7 heteroatoms. The molecule has 1 aromatic heterocycles. The molecular weight excluding hydrogens is 224 g/mol. The molecule has 0 bridgehead atoms. The highest BCUT2D eigenvalue weighted by Crippen LogP contribution is 2.03. The Kier molecular flexibility index (Phi) is 2.91. The number of ether oxygens (including phenoxy) is 1. The van der Waals surface area contributed by atoms with E-state index < -0.39 is 11.8 Å². The smallest absolute Gasteiger partial charge is 0.413 e. The molecule has 0 aliphatic rings. The summed E-state index contributed by atoms with van der Waals surface area (Å²) < 4.78 is 5.53. The zero-order valence-electron chi connectivity index (χ0n) is 9.01. The summed E-state index contributed by atoms with van der Waals surface area (Å²) in [6.07, 6.45) is -0.695. The Hall–Kier alpha value is -2.57. The number of anilines is 1. The van der Waals surface area contributed by atoms with E-state index in [0.717, 1.165) is 4.68 Å². The SMILES string of the molecule is COC(=O)Nc1nn(-c2ccccc2)c(=O)[nH]1. The second kappa shape index (κ2) is 4.52. The normalized spacial score (nSPS) is 9.94. The minimum atomic E-state index is -0.695. The molecule has 0 radical (unpaired) electrons. The van der Waals surface area contributed by atoms with Gasteiger partial charge in [0.2, 0.25) is 5.95 Å². The van der Waals surface area contributed by atoms with Crippen molar-refractivity contribution in [3.05, 3.63) is 40.8 Å². The maximum atomic E-state index is 11.6. The molecule has 0 aliphatic carbocycles. The molecule has 1 aromatic carbocycles. The van der Waals surface area contributed by atoms with Crippen molar-refractivity contribution in [3.8, 4) is 5.69 Å². The van der Waals surface area contributed by atoms with Crippen molar-refractivity contribution < 1.29 is 9.53 Å². The number of H-pyrrole nitrogens is 1. The first-order chi connectivity index (χ1) is 8.20. The number of carbonyl (C=O) groups is 1. The Morgan fingerprint density at radius 2 is 2.12 bits per heavy atom. The number of aromatic amines is 1. The second-order valence-corrected chi connectivity index (χ2v) is 3.14. The zero-order chi connectivity index (χ0) is 12.3. The number of carbonyl (C=O) groups excluding carboxylic acids is 1. The lowest BCUT2D eigenvalue weighted by molar-refractivity contribution is 0.186. The highest BCUT2D eigenvalue weighted by molar-refractivity contribution is 5.81. The standard InChI is InChI=1S/C10H10N4O3/c1-17-10(16)12-8-11-9(15)14(13-8)7-5-3-2-4-6-7/h2-6H,1H3,(H2,11,12,13,15,16). The fourth-order valence-corrected chi connectivity index (χ4v) is 1.27. The number of hydrogen-bond donors (Lipinski definition) is 2. The van der Waals surface area contributed by atoms with E-state index in [-0.39, 0.29) is 5.95 Å². The van der Waals surface area contributed by atoms with Crippen LogP contribution in [-0.4, -0.2) is 28.0 Å². The lowest BCUT2D eigenvalue weighted by atomic mass is 10.3. The molecule has 0 aliphatic heterocycles. The number of benzene rings is 1. The van der Waals surface area contributed by atoms with Crippen LogP contribution in [0.5, 0.6) is 0 Å². The molecule has 1 heterocycles. The fourth-order valence-electron chi connectivity index (χ4n) is 1.27. The molecule has 0 spiro atoms. The Bertz CT molecular complexity index is 573. The lowest BCUT2D eigenvalue weighted by Crippen LogP contribution is -2.15. The van der Waals surface area contributed by atoms with Gasteiger partial charge in [-0.25, -0.2) is 9.59 Å². The van der Waals surface area contributed by atoms with Crippen LogP contribution in [0.2, 0.25) is 0 Å². The summed E-state index contributed by atoms with van der Waals surface area (Å²) in [6.45, 7) is 0. The van der Waals surface area contributed by atoms with E-state index >= 15 is 0 Å². The van der Waals surface area contributed by atoms with Gasteiger partial charge in [0, 0.05) is 0 Å². The maximum Gasteiger partial charge on any atom is 0.413 e. The van der Waals surface area contributed by atoms with Crippen molar-refractivity contribution in [1.82, 2.24) is 14.8 Å². The predicted molar refractivity (Wildman–Crippen MR) is 60.2 cm³/mol. The first-order valence-electron chi connectivity index (χ1n) is 4.80. The molecule has 17 heavy (non-hydrogen) atoms. The molecule has 7 nitrogen and oxygen atoms in total. The fraction of sp³-hybridized carbons (Fsp3) is 0.100. The molecule has 1 amide bonds. The molecule has 0 unspecified atom stereocenters. The van der Waals surface area contributed by atoms with Gasteiger partial charge in [0.1, 0.15) is 0 Å². The monoisotopic (exact) mass is 234 g/mol. The molecule has 88 valence electrons. The molecule has 2 aromatic rings. The van der Waals surface area contributed by atoms with Crippen molar-refractivity contribution >= 4 is 12.0 Å². The van der Waals surface area contributed by atoms with E-state index in [1.807, 2.05) is 6.07 Å². The lowest BCUT2D eigenvalue weighted by Gasteiger charge is -1.98. The van der Waals surface area contributed by atoms with Gasteiger partial charge in [-0.15, -0.1) is 5.10 Å². The van der Waals surface area contributed by atoms with Crippen LogP contribution < -0.4 is 11.0 Å². The molecule has 2 N–H and O–H groups in total. The predicted octanol–water partition coefficient (Wildman–Crippen LogP) is 0.739. The number of para-hydroxylation sites is 1. The third-order valence-electron chi connectivity index (χ3n) is 2.02. The Morgan fingerprint density at radius 1 is 1.41 bits per heavy atom. The van der Waals surface area contributed by atoms with Crippen molar-refractivity contribution in [2.24, 2.45) is 0 Å². The van der Waals surface area contributed by atoms with Crippen molar-refractivity contribution in [3.63, 3.8) is 0 Å². The van der Waals surface area contributed by atoms with Gasteiger partial charge in [-0.2, -0.15) is 4.68 Å². The topological polar surface area (TPSA) is 89.0 Å². The summed E-state index contributed by atoms with van der Waals surface area (Å²) in [6, 6.07) is 8.84. The first kappa shape index (κ1) is 10.9. The molecule has 0 atom stereocenters. The van der Waals surface area contributed by atoms with Crippen LogP contribution in [0.3, 0.4) is 0 Å². The van der Waals surface area contributed by atoms with E-state index in [1.165, 1.54) is 7.11 Å². The Balaban J connectivity index is 2.32. The van der Waals surface area contributed by atoms with Gasteiger partial charge in [-0.1, -0.05) is 18.2 Å². The van der Waals surface area contributed by atoms with E-state index in [2.05, 4.69) is 20.1 Å². The molecule has 2 rings (SSSR count). The van der Waals surface area contributed by atoms with Crippen LogP contribution in [0, 0.1) is 0 Å². The highest BCUT2D eigenvalue weighted by atomic mass is 16.5. The van der Waals surface area contributed by atoms with E-state index in [0.29, 0.717) is 5.69 Å². The van der Waals surface area contributed by atoms with Crippen molar-refractivity contribution in [2.45, 2.75) is 0 Å². The summed E-state index contributed by atoms with van der Waals surface area (Å²) in [4.78, 5) is 24.9. The van der Waals surface area contributed by atoms with Crippen LogP contribution in [0.1, 0.15) is 0 Å². The third kappa shape index (κ3) is 2.33. The van der Waals surface area contributed by atoms with Gasteiger partial charge in [-0.3, -0.25) is 10.3 Å². The molecular formula is C10H10N4O3. The molecule has 0 saturated carbocycles. The van der Waals surface area contributed by atoms with E-state index in [1.54, 1.807) is 24.3 Å². The van der Waals surface area contributed by atoms with Gasteiger partial charge < -0.3 is 4.74 Å². The minimum Gasteiger partial charge on any atom is -0.453 e. The summed E-state index contributed by atoms with van der Waals surface area (Å²) in [5, 5.41) is 6.18. The average molecular weight is 234 g/mol. The van der Waals surface area contributed by atoms with Crippen molar-refractivity contribution in [2.75, 3.05) is 12.4 Å². The highest BCUT2D eigenvalue weighted by Gasteiger charge is 2.09. The van der Waals surface area contributed by atoms with Crippen LogP contribution in [0.25, 0.3) is 5.69 Å². The van der Waals surface area contributed by atoms with Crippen LogP contribution in [0.4, 0.5) is 10.7 Å². The number of aromatic nitrogens is 3. The maximum absolute atomic E-state index is 11.6. The van der Waals surface area contributed by atoms with Gasteiger partial charge in [0.25, 0.3) is 0 Å². The minimum absolute atomic E-state index is 0.0331. The number of rotatable bonds is 2. The zero-order valence-corrected chi connectivity index (χ0v) is 9.01. The summed E-state index contributed by atoms with van der Waals surface area (Å²) in [5.41, 5.74) is 0.161. The summed E-state index contributed by atoms with van der Waals surface area (Å²) in [7, 11) is 1.22.